The summed E-state index contributed by atoms with van der Waals surface area (Å²) in [6.07, 6.45) is 1.01. The molecule has 1 heterocycles. The monoisotopic (exact) mass is 378 g/mol. The molecule has 1 N–H and O–H groups in total. The maximum absolute atomic E-state index is 12.4. The van der Waals surface area contributed by atoms with E-state index in [1.165, 1.54) is 11.1 Å². The predicted octanol–water partition coefficient (Wildman–Crippen LogP) is 3.21. The van der Waals surface area contributed by atoms with Crippen LogP contribution in [0.1, 0.15) is 23.6 Å². The lowest BCUT2D eigenvalue weighted by atomic mass is 10.00. The first-order chi connectivity index (χ1) is 11.9. The van der Waals surface area contributed by atoms with Crippen molar-refractivity contribution in [1.82, 2.24) is 9.62 Å². The van der Waals surface area contributed by atoms with Gasteiger partial charge in [-0.1, -0.05) is 48.0 Å². The largest absolute Gasteiger partial charge is 0.297 e. The molecule has 0 aliphatic carbocycles. The van der Waals surface area contributed by atoms with Gasteiger partial charge >= 0.3 is 0 Å². The van der Waals surface area contributed by atoms with Gasteiger partial charge in [0.15, 0.2) is 0 Å². The second-order valence-corrected chi connectivity index (χ2v) is 8.85. The van der Waals surface area contributed by atoms with Crippen LogP contribution in [0.4, 0.5) is 0 Å². The Labute approximate surface area is 154 Å². The van der Waals surface area contributed by atoms with Gasteiger partial charge in [-0.05, 0) is 42.2 Å². The van der Waals surface area contributed by atoms with Gasteiger partial charge in [-0.15, -0.1) is 0 Å². The van der Waals surface area contributed by atoms with Gasteiger partial charge in [-0.25, -0.2) is 13.1 Å². The maximum Gasteiger partial charge on any atom is 0.216 e. The van der Waals surface area contributed by atoms with Gasteiger partial charge in [0.05, 0.1) is 5.75 Å². The van der Waals surface area contributed by atoms with Crippen LogP contribution in [0, 0.1) is 0 Å². The van der Waals surface area contributed by atoms with E-state index in [1.54, 1.807) is 24.3 Å². The van der Waals surface area contributed by atoms with E-state index in [4.69, 9.17) is 11.6 Å². The van der Waals surface area contributed by atoms with E-state index in [1.807, 2.05) is 6.92 Å². The SMILES string of the molecule is CC(CN1CCc2ccccc2C1)NS(=O)(=O)Cc1cccc(Cl)c1. The van der Waals surface area contributed by atoms with Crippen molar-refractivity contribution in [2.75, 3.05) is 13.1 Å². The molecule has 25 heavy (non-hydrogen) atoms. The van der Waals surface area contributed by atoms with Crippen LogP contribution in [-0.4, -0.2) is 32.4 Å². The molecule has 0 saturated carbocycles. The highest BCUT2D eigenvalue weighted by Crippen LogP contribution is 2.19. The van der Waals surface area contributed by atoms with E-state index >= 15 is 0 Å². The van der Waals surface area contributed by atoms with Crippen LogP contribution in [0.3, 0.4) is 0 Å². The van der Waals surface area contributed by atoms with Gasteiger partial charge in [0.2, 0.25) is 10.0 Å². The summed E-state index contributed by atoms with van der Waals surface area (Å²) in [5, 5.41) is 0.549. The number of halogens is 1. The summed E-state index contributed by atoms with van der Waals surface area (Å²) in [6.45, 7) is 4.44. The molecule has 1 aliphatic heterocycles. The van der Waals surface area contributed by atoms with Crippen molar-refractivity contribution in [2.24, 2.45) is 0 Å². The number of nitrogens with zero attached hydrogens (tertiary/aromatic N) is 1. The molecule has 2 aromatic rings. The first kappa shape index (κ1) is 18.4. The highest BCUT2D eigenvalue weighted by Gasteiger charge is 2.21. The van der Waals surface area contributed by atoms with E-state index in [-0.39, 0.29) is 11.8 Å². The summed E-state index contributed by atoms with van der Waals surface area (Å²) >= 11 is 5.93. The molecule has 0 amide bonds. The van der Waals surface area contributed by atoms with Gasteiger partial charge in [0.25, 0.3) is 0 Å². The number of fused-ring (bicyclic) bond motifs is 1. The van der Waals surface area contributed by atoms with E-state index in [9.17, 15) is 8.42 Å². The van der Waals surface area contributed by atoms with Gasteiger partial charge in [0, 0.05) is 30.7 Å². The summed E-state index contributed by atoms with van der Waals surface area (Å²) in [5.74, 6) is -0.0548. The summed E-state index contributed by atoms with van der Waals surface area (Å²) < 4.78 is 27.6. The number of benzene rings is 2. The predicted molar refractivity (Wildman–Crippen MR) is 102 cm³/mol. The smallest absolute Gasteiger partial charge is 0.216 e. The fourth-order valence-electron chi connectivity index (χ4n) is 3.33. The van der Waals surface area contributed by atoms with Crippen LogP contribution in [0.5, 0.6) is 0 Å². The van der Waals surface area contributed by atoms with Crippen LogP contribution < -0.4 is 4.72 Å². The third-order valence-corrected chi connectivity index (χ3v) is 6.08. The minimum atomic E-state index is -3.40. The fourth-order valence-corrected chi connectivity index (χ4v) is 4.93. The molecule has 2 aromatic carbocycles. The van der Waals surface area contributed by atoms with Crippen LogP contribution in [0.15, 0.2) is 48.5 Å². The van der Waals surface area contributed by atoms with Crippen molar-refractivity contribution >= 4 is 21.6 Å². The van der Waals surface area contributed by atoms with Crippen molar-refractivity contribution in [1.29, 1.82) is 0 Å². The number of hydrogen-bond donors (Lipinski definition) is 1. The first-order valence-electron chi connectivity index (χ1n) is 8.45. The van der Waals surface area contributed by atoms with Gasteiger partial charge in [-0.2, -0.15) is 0 Å². The fraction of sp³-hybridized carbons (Fsp3) is 0.368. The molecule has 1 aliphatic rings. The molecule has 134 valence electrons. The summed E-state index contributed by atoms with van der Waals surface area (Å²) in [6, 6.07) is 15.3. The molecular weight excluding hydrogens is 356 g/mol. The Morgan fingerprint density at radius 2 is 1.92 bits per heavy atom. The minimum absolute atomic E-state index is 0.0548. The lowest BCUT2D eigenvalue weighted by molar-refractivity contribution is 0.237. The Bertz CT molecular complexity index is 839. The van der Waals surface area contributed by atoms with Crippen molar-refractivity contribution in [3.8, 4) is 0 Å². The number of rotatable bonds is 6. The number of hydrogen-bond acceptors (Lipinski definition) is 3. The lowest BCUT2D eigenvalue weighted by Crippen LogP contribution is -2.43. The standard InChI is InChI=1S/C19H23ClN2O2S/c1-15(12-22-10-9-17-6-2-3-7-18(17)13-22)21-25(23,24)14-16-5-4-8-19(20)11-16/h2-8,11,15,21H,9-10,12-14H2,1H3. The molecule has 0 radical (unpaired) electrons. The lowest BCUT2D eigenvalue weighted by Gasteiger charge is -2.31. The molecule has 0 fully saturated rings. The van der Waals surface area contributed by atoms with Gasteiger partial charge in [-0.3, -0.25) is 4.90 Å². The van der Waals surface area contributed by atoms with Gasteiger partial charge < -0.3 is 0 Å². The summed E-state index contributed by atoms with van der Waals surface area (Å²) in [4.78, 5) is 2.30. The highest BCUT2D eigenvalue weighted by atomic mass is 35.5. The van der Waals surface area contributed by atoms with Crippen molar-refractivity contribution < 1.29 is 8.42 Å². The third kappa shape index (κ3) is 5.28. The van der Waals surface area contributed by atoms with E-state index in [0.29, 0.717) is 17.1 Å². The van der Waals surface area contributed by atoms with Crippen LogP contribution in [-0.2, 0) is 28.7 Å². The first-order valence-corrected chi connectivity index (χ1v) is 10.5. The van der Waals surface area contributed by atoms with Crippen LogP contribution in [0.25, 0.3) is 0 Å². The Hall–Kier alpha value is -1.40. The Morgan fingerprint density at radius 3 is 2.68 bits per heavy atom. The molecule has 6 heteroatoms. The molecule has 1 atom stereocenters. The Kier molecular flexibility index (Phi) is 5.79. The molecule has 0 saturated heterocycles. The number of nitrogens with one attached hydrogen (secondary N) is 1. The molecule has 4 nitrogen and oxygen atoms in total. The molecule has 3 rings (SSSR count). The topological polar surface area (TPSA) is 49.4 Å². The molecular formula is C19H23ClN2O2S. The zero-order valence-electron chi connectivity index (χ0n) is 14.3. The quantitative estimate of drug-likeness (QED) is 0.839. The van der Waals surface area contributed by atoms with Crippen molar-refractivity contribution in [3.63, 3.8) is 0 Å². The van der Waals surface area contributed by atoms with E-state index in [0.717, 1.165) is 19.5 Å². The highest BCUT2D eigenvalue weighted by molar-refractivity contribution is 7.88. The zero-order valence-corrected chi connectivity index (χ0v) is 15.9. The van der Waals surface area contributed by atoms with E-state index < -0.39 is 10.0 Å². The maximum atomic E-state index is 12.4. The molecule has 0 bridgehead atoms. The molecule has 0 spiro atoms. The molecule has 0 aromatic heterocycles. The average Bonchev–Trinajstić information content (AvgIpc) is 2.53. The normalized spacial score (nSPS) is 16.4. The van der Waals surface area contributed by atoms with E-state index in [2.05, 4.69) is 33.9 Å². The summed E-state index contributed by atoms with van der Waals surface area (Å²) in [5.41, 5.74) is 3.43. The van der Waals surface area contributed by atoms with Crippen molar-refractivity contribution in [2.45, 2.75) is 31.7 Å². The Morgan fingerprint density at radius 1 is 1.16 bits per heavy atom. The second-order valence-electron chi connectivity index (χ2n) is 6.66. The average molecular weight is 379 g/mol. The number of sulfonamides is 1. The minimum Gasteiger partial charge on any atom is -0.297 e. The van der Waals surface area contributed by atoms with Crippen LogP contribution in [0.2, 0.25) is 5.02 Å². The molecule has 1 unspecified atom stereocenters. The summed E-state index contributed by atoms with van der Waals surface area (Å²) in [7, 11) is -3.40. The second kappa shape index (κ2) is 7.87. The third-order valence-electron chi connectivity index (χ3n) is 4.37. The van der Waals surface area contributed by atoms with Crippen LogP contribution >= 0.6 is 11.6 Å². The van der Waals surface area contributed by atoms with Gasteiger partial charge in [0.1, 0.15) is 0 Å². The Balaban J connectivity index is 1.56. The van der Waals surface area contributed by atoms with Crippen molar-refractivity contribution in [3.05, 3.63) is 70.2 Å². The zero-order chi connectivity index (χ0) is 17.9.